The van der Waals surface area contributed by atoms with Crippen LogP contribution in [0.1, 0.15) is 30.7 Å². The minimum absolute atomic E-state index is 0.234. The van der Waals surface area contributed by atoms with E-state index in [1.807, 2.05) is 12.1 Å². The second kappa shape index (κ2) is 6.37. The van der Waals surface area contributed by atoms with Crippen molar-refractivity contribution in [1.82, 2.24) is 9.80 Å². The molecule has 4 heterocycles. The summed E-state index contributed by atoms with van der Waals surface area (Å²) in [5, 5.41) is 0. The van der Waals surface area contributed by atoms with Gasteiger partial charge in [-0.05, 0) is 49.5 Å². The Morgan fingerprint density at radius 3 is 2.54 bits per heavy atom. The number of hydrogen-bond acceptors (Lipinski definition) is 4. The van der Waals surface area contributed by atoms with Gasteiger partial charge < -0.3 is 15.4 Å². The molecule has 4 aliphatic rings. The number of nitrogens with two attached hydrogens (primary N) is 1. The highest BCUT2D eigenvalue weighted by Gasteiger charge is 2.54. The number of likely N-dealkylation sites (tertiary alicyclic amines) is 1. The summed E-state index contributed by atoms with van der Waals surface area (Å²) in [5.74, 6) is 2.17. The van der Waals surface area contributed by atoms with Crippen LogP contribution in [0.25, 0.3) is 0 Å². The number of ether oxygens (including phenoxy) is 1. The van der Waals surface area contributed by atoms with E-state index < -0.39 is 0 Å². The highest BCUT2D eigenvalue weighted by Crippen LogP contribution is 2.46. The van der Waals surface area contributed by atoms with Gasteiger partial charge in [0.05, 0.1) is 13.2 Å². The number of carbonyl (C=O) groups excluding carboxylic acids is 1. The Balaban J connectivity index is 1.65. The zero-order chi connectivity index (χ0) is 16.7. The van der Waals surface area contributed by atoms with Gasteiger partial charge in [0.15, 0.2) is 0 Å². The number of methoxy groups -OCH3 is 1. The zero-order valence-electron chi connectivity index (χ0n) is 14.4. The molecule has 24 heavy (non-hydrogen) atoms. The first kappa shape index (κ1) is 15.9. The molecule has 3 atom stereocenters. The second-order valence-corrected chi connectivity index (χ2v) is 7.32. The summed E-state index contributed by atoms with van der Waals surface area (Å²) < 4.78 is 5.29. The average Bonchev–Trinajstić information content (AvgIpc) is 3.06. The van der Waals surface area contributed by atoms with Gasteiger partial charge in [-0.3, -0.25) is 9.69 Å². The molecule has 1 aromatic rings. The molecule has 130 valence electrons. The number of rotatable bonds is 4. The van der Waals surface area contributed by atoms with Crippen LogP contribution in [0.2, 0.25) is 0 Å². The Labute approximate surface area is 143 Å². The van der Waals surface area contributed by atoms with Crippen molar-refractivity contribution >= 4 is 5.91 Å². The van der Waals surface area contributed by atoms with E-state index in [0.29, 0.717) is 36.9 Å². The molecule has 5 heteroatoms. The van der Waals surface area contributed by atoms with Crippen LogP contribution < -0.4 is 10.5 Å². The Hall–Kier alpha value is -1.59. The van der Waals surface area contributed by atoms with E-state index in [2.05, 4.69) is 21.9 Å². The SMILES string of the molecule is COc1ccc(C2CN(C(=O)CCN)C3C4CCN(CC4)C23)cc1. The smallest absolute Gasteiger partial charge is 0.224 e. The Morgan fingerprint density at radius 1 is 1.21 bits per heavy atom. The maximum absolute atomic E-state index is 12.7. The van der Waals surface area contributed by atoms with Gasteiger partial charge in [0, 0.05) is 31.5 Å². The van der Waals surface area contributed by atoms with Crippen LogP contribution in [0.3, 0.4) is 0 Å². The number of benzene rings is 1. The zero-order valence-corrected chi connectivity index (χ0v) is 14.4. The van der Waals surface area contributed by atoms with Crippen LogP contribution in [0, 0.1) is 5.92 Å². The predicted octanol–water partition coefficient (Wildman–Crippen LogP) is 1.43. The number of fused-ring (bicyclic) bond motifs is 2. The molecule has 0 saturated carbocycles. The van der Waals surface area contributed by atoms with Gasteiger partial charge in [0.25, 0.3) is 0 Å². The third kappa shape index (κ3) is 2.50. The minimum Gasteiger partial charge on any atom is -0.497 e. The number of hydrogen-bond donors (Lipinski definition) is 1. The van der Waals surface area contributed by atoms with Crippen molar-refractivity contribution in [3.05, 3.63) is 29.8 Å². The molecule has 2 bridgehead atoms. The lowest BCUT2D eigenvalue weighted by atomic mass is 9.75. The normalized spacial score (nSPS) is 34.2. The van der Waals surface area contributed by atoms with Crippen molar-refractivity contribution in [2.75, 3.05) is 33.3 Å². The molecular weight excluding hydrogens is 302 g/mol. The largest absolute Gasteiger partial charge is 0.497 e. The van der Waals surface area contributed by atoms with Gasteiger partial charge in [-0.15, -0.1) is 0 Å². The van der Waals surface area contributed by atoms with E-state index >= 15 is 0 Å². The summed E-state index contributed by atoms with van der Waals surface area (Å²) in [4.78, 5) is 17.4. The molecule has 0 aromatic heterocycles. The van der Waals surface area contributed by atoms with E-state index in [4.69, 9.17) is 10.5 Å². The van der Waals surface area contributed by atoms with Crippen molar-refractivity contribution < 1.29 is 9.53 Å². The second-order valence-electron chi connectivity index (χ2n) is 7.32. The van der Waals surface area contributed by atoms with Gasteiger partial charge in [0.1, 0.15) is 5.75 Å². The molecule has 0 radical (unpaired) electrons. The maximum atomic E-state index is 12.7. The fraction of sp³-hybridized carbons (Fsp3) is 0.632. The molecule has 4 saturated heterocycles. The highest BCUT2D eigenvalue weighted by atomic mass is 16.5. The van der Waals surface area contributed by atoms with E-state index in [1.165, 1.54) is 31.5 Å². The fourth-order valence-corrected chi connectivity index (χ4v) is 5.12. The molecule has 2 N–H and O–H groups in total. The summed E-state index contributed by atoms with van der Waals surface area (Å²) in [6, 6.07) is 9.24. The first-order valence-electron chi connectivity index (χ1n) is 9.10. The molecule has 3 unspecified atom stereocenters. The molecule has 4 fully saturated rings. The number of carbonyl (C=O) groups is 1. The van der Waals surface area contributed by atoms with Crippen LogP contribution in [0.4, 0.5) is 0 Å². The van der Waals surface area contributed by atoms with E-state index in [0.717, 1.165) is 12.3 Å². The fourth-order valence-electron chi connectivity index (χ4n) is 5.12. The van der Waals surface area contributed by atoms with Crippen molar-refractivity contribution in [1.29, 1.82) is 0 Å². The summed E-state index contributed by atoms with van der Waals surface area (Å²) in [6.07, 6.45) is 2.91. The predicted molar refractivity (Wildman–Crippen MR) is 93.0 cm³/mol. The number of piperidine rings is 3. The van der Waals surface area contributed by atoms with Crippen molar-refractivity contribution in [3.63, 3.8) is 0 Å². The van der Waals surface area contributed by atoms with E-state index in [1.54, 1.807) is 7.11 Å². The Kier molecular flexibility index (Phi) is 4.22. The quantitative estimate of drug-likeness (QED) is 0.908. The highest BCUT2D eigenvalue weighted by molar-refractivity contribution is 5.77. The monoisotopic (exact) mass is 329 g/mol. The lowest BCUT2D eigenvalue weighted by Gasteiger charge is -2.51. The Morgan fingerprint density at radius 2 is 1.92 bits per heavy atom. The first-order valence-corrected chi connectivity index (χ1v) is 9.10. The minimum atomic E-state index is 0.234. The number of nitrogens with zero attached hydrogens (tertiary/aromatic N) is 2. The van der Waals surface area contributed by atoms with Gasteiger partial charge in [-0.25, -0.2) is 0 Å². The van der Waals surface area contributed by atoms with Crippen LogP contribution in [0.5, 0.6) is 5.75 Å². The standard InChI is InChI=1S/C19H27N3O2/c1-24-15-4-2-13(3-5-15)16-12-22(17(23)6-9-20)18-14-7-10-21(11-8-14)19(16)18/h2-5,14,16,18-19H,6-12,20H2,1H3. The van der Waals surface area contributed by atoms with Gasteiger partial charge in [0.2, 0.25) is 5.91 Å². The molecular formula is C19H27N3O2. The first-order chi connectivity index (χ1) is 11.7. The van der Waals surface area contributed by atoms with Gasteiger partial charge in [-0.1, -0.05) is 12.1 Å². The number of amides is 1. The lowest BCUT2D eigenvalue weighted by Crippen LogP contribution is -2.60. The topological polar surface area (TPSA) is 58.8 Å². The molecule has 4 aliphatic heterocycles. The maximum Gasteiger partial charge on any atom is 0.224 e. The van der Waals surface area contributed by atoms with Crippen molar-refractivity contribution in [2.24, 2.45) is 11.7 Å². The summed E-state index contributed by atoms with van der Waals surface area (Å²) in [6.45, 7) is 3.62. The van der Waals surface area contributed by atoms with Gasteiger partial charge in [-0.2, -0.15) is 0 Å². The summed E-state index contributed by atoms with van der Waals surface area (Å²) in [7, 11) is 1.69. The molecule has 5 rings (SSSR count). The summed E-state index contributed by atoms with van der Waals surface area (Å²) >= 11 is 0. The van der Waals surface area contributed by atoms with Crippen LogP contribution in [0.15, 0.2) is 24.3 Å². The van der Waals surface area contributed by atoms with Crippen molar-refractivity contribution in [3.8, 4) is 5.75 Å². The third-order valence-electron chi connectivity index (χ3n) is 6.22. The van der Waals surface area contributed by atoms with E-state index in [9.17, 15) is 4.79 Å². The molecule has 5 nitrogen and oxygen atoms in total. The Bertz CT molecular complexity index is 595. The lowest BCUT2D eigenvalue weighted by molar-refractivity contribution is -0.135. The molecule has 1 aromatic carbocycles. The summed E-state index contributed by atoms with van der Waals surface area (Å²) in [5.41, 5.74) is 6.97. The van der Waals surface area contributed by atoms with Crippen LogP contribution in [-0.2, 0) is 4.79 Å². The molecule has 1 amide bonds. The van der Waals surface area contributed by atoms with Crippen molar-refractivity contribution in [2.45, 2.75) is 37.3 Å². The van der Waals surface area contributed by atoms with Gasteiger partial charge >= 0.3 is 0 Å². The average molecular weight is 329 g/mol. The van der Waals surface area contributed by atoms with Crippen LogP contribution in [-0.4, -0.2) is 61.1 Å². The molecule has 0 aliphatic carbocycles. The molecule has 0 spiro atoms. The third-order valence-corrected chi connectivity index (χ3v) is 6.22. The van der Waals surface area contributed by atoms with E-state index in [-0.39, 0.29) is 5.91 Å². The van der Waals surface area contributed by atoms with Crippen LogP contribution >= 0.6 is 0 Å².